The number of hydrogen-bond acceptors (Lipinski definition) is 6. The average molecular weight is 273 g/mol. The second-order valence-electron chi connectivity index (χ2n) is 3.93. The molecule has 1 aromatic rings. The van der Waals surface area contributed by atoms with Gasteiger partial charge in [-0.05, 0) is 33.4 Å². The SMILES string of the molecule is CCNCCCS(=O)(=O)Nc1nnc(C)c(C)n1. The Kier molecular flexibility index (Phi) is 5.42. The monoisotopic (exact) mass is 273 g/mol. The molecule has 0 aliphatic heterocycles. The number of nitrogens with one attached hydrogen (secondary N) is 2. The molecule has 8 heteroatoms. The van der Waals surface area contributed by atoms with Gasteiger partial charge in [0.05, 0.1) is 17.1 Å². The van der Waals surface area contributed by atoms with Crippen molar-refractivity contribution in [3.63, 3.8) is 0 Å². The number of nitrogens with zero attached hydrogens (tertiary/aromatic N) is 3. The number of rotatable bonds is 7. The zero-order chi connectivity index (χ0) is 13.6. The molecule has 2 N–H and O–H groups in total. The van der Waals surface area contributed by atoms with Gasteiger partial charge in [0.1, 0.15) is 0 Å². The molecule has 7 nitrogen and oxygen atoms in total. The summed E-state index contributed by atoms with van der Waals surface area (Å²) in [6.45, 7) is 7.00. The lowest BCUT2D eigenvalue weighted by atomic mass is 10.4. The van der Waals surface area contributed by atoms with Gasteiger partial charge in [-0.3, -0.25) is 0 Å². The predicted molar refractivity (Wildman–Crippen MR) is 69.9 cm³/mol. The van der Waals surface area contributed by atoms with Crippen molar-refractivity contribution >= 4 is 16.0 Å². The summed E-state index contributed by atoms with van der Waals surface area (Å²) in [5, 5.41) is 10.6. The molecule has 102 valence electrons. The fraction of sp³-hybridized carbons (Fsp3) is 0.700. The van der Waals surface area contributed by atoms with Crippen LogP contribution in [0.5, 0.6) is 0 Å². The van der Waals surface area contributed by atoms with E-state index in [4.69, 9.17) is 0 Å². The van der Waals surface area contributed by atoms with Crippen LogP contribution in [0.25, 0.3) is 0 Å². The molecule has 0 unspecified atom stereocenters. The zero-order valence-electron chi connectivity index (χ0n) is 10.9. The molecule has 0 fully saturated rings. The van der Waals surface area contributed by atoms with E-state index in [1.807, 2.05) is 6.92 Å². The fourth-order valence-electron chi connectivity index (χ4n) is 1.25. The lowest BCUT2D eigenvalue weighted by molar-refractivity contribution is 0.594. The third-order valence-corrected chi connectivity index (χ3v) is 3.68. The van der Waals surface area contributed by atoms with E-state index < -0.39 is 10.0 Å². The van der Waals surface area contributed by atoms with E-state index in [-0.39, 0.29) is 11.7 Å². The van der Waals surface area contributed by atoms with E-state index in [0.29, 0.717) is 24.4 Å². The van der Waals surface area contributed by atoms with Crippen LogP contribution in [0.4, 0.5) is 5.95 Å². The van der Waals surface area contributed by atoms with E-state index in [2.05, 4.69) is 25.2 Å². The summed E-state index contributed by atoms with van der Waals surface area (Å²) in [7, 11) is -3.40. The molecule has 0 radical (unpaired) electrons. The van der Waals surface area contributed by atoms with Crippen LogP contribution in [-0.4, -0.2) is 42.4 Å². The van der Waals surface area contributed by atoms with Crippen LogP contribution in [0.15, 0.2) is 0 Å². The van der Waals surface area contributed by atoms with Gasteiger partial charge < -0.3 is 5.32 Å². The first-order valence-electron chi connectivity index (χ1n) is 5.83. The first-order chi connectivity index (χ1) is 8.44. The lowest BCUT2D eigenvalue weighted by Crippen LogP contribution is -2.23. The molecule has 0 saturated carbocycles. The van der Waals surface area contributed by atoms with Gasteiger partial charge in [-0.15, -0.1) is 5.10 Å². The second-order valence-corrected chi connectivity index (χ2v) is 5.78. The highest BCUT2D eigenvalue weighted by Crippen LogP contribution is 2.04. The second kappa shape index (κ2) is 6.60. The largest absolute Gasteiger partial charge is 0.317 e. The molecule has 18 heavy (non-hydrogen) atoms. The Balaban J connectivity index is 2.56. The molecule has 1 rings (SSSR count). The van der Waals surface area contributed by atoms with Crippen LogP contribution in [0.1, 0.15) is 24.7 Å². The van der Waals surface area contributed by atoms with Crippen LogP contribution >= 0.6 is 0 Å². The number of aromatic nitrogens is 3. The van der Waals surface area contributed by atoms with Crippen molar-refractivity contribution in [2.75, 3.05) is 23.6 Å². The Bertz CT molecular complexity index is 489. The Morgan fingerprint density at radius 2 is 1.89 bits per heavy atom. The molecule has 0 amide bonds. The molecule has 0 atom stereocenters. The lowest BCUT2D eigenvalue weighted by Gasteiger charge is -2.07. The van der Waals surface area contributed by atoms with E-state index in [0.717, 1.165) is 6.54 Å². The van der Waals surface area contributed by atoms with Gasteiger partial charge in [0.25, 0.3) is 5.95 Å². The Morgan fingerprint density at radius 1 is 1.17 bits per heavy atom. The molecule has 0 aliphatic carbocycles. The molecule has 0 aliphatic rings. The van der Waals surface area contributed by atoms with E-state index in [1.165, 1.54) is 0 Å². The molecular formula is C10H19N5O2S. The Hall–Kier alpha value is -1.28. The molecule has 1 heterocycles. The van der Waals surface area contributed by atoms with E-state index >= 15 is 0 Å². The van der Waals surface area contributed by atoms with Crippen LogP contribution in [-0.2, 0) is 10.0 Å². The van der Waals surface area contributed by atoms with E-state index in [9.17, 15) is 8.42 Å². The van der Waals surface area contributed by atoms with Crippen LogP contribution in [0.3, 0.4) is 0 Å². The molecule has 1 aromatic heterocycles. The number of aryl methyl sites for hydroxylation is 2. The highest BCUT2D eigenvalue weighted by atomic mass is 32.2. The highest BCUT2D eigenvalue weighted by Gasteiger charge is 2.12. The molecule has 0 saturated heterocycles. The first kappa shape index (κ1) is 14.8. The standard InChI is InChI=1S/C10H19N5O2S/c1-4-11-6-5-7-18(16,17)15-10-12-8(2)9(3)13-14-10/h11H,4-7H2,1-3H3,(H,12,14,15). The van der Waals surface area contributed by atoms with Gasteiger partial charge in [-0.1, -0.05) is 6.92 Å². The smallest absolute Gasteiger partial charge is 0.256 e. The van der Waals surface area contributed by atoms with Crippen molar-refractivity contribution < 1.29 is 8.42 Å². The van der Waals surface area contributed by atoms with Crippen molar-refractivity contribution in [1.29, 1.82) is 0 Å². The normalized spacial score (nSPS) is 11.5. The van der Waals surface area contributed by atoms with E-state index in [1.54, 1.807) is 13.8 Å². The number of sulfonamides is 1. The van der Waals surface area contributed by atoms with Crippen molar-refractivity contribution in [3.05, 3.63) is 11.4 Å². The third kappa shape index (κ3) is 4.92. The van der Waals surface area contributed by atoms with Crippen LogP contribution in [0.2, 0.25) is 0 Å². The minimum atomic E-state index is -3.40. The minimum absolute atomic E-state index is 0.0292. The fourth-order valence-corrected chi connectivity index (χ4v) is 2.25. The first-order valence-corrected chi connectivity index (χ1v) is 7.49. The van der Waals surface area contributed by atoms with Gasteiger partial charge in [0.2, 0.25) is 10.0 Å². The molecule has 0 bridgehead atoms. The predicted octanol–water partition coefficient (Wildman–Crippen LogP) is 0.230. The minimum Gasteiger partial charge on any atom is -0.317 e. The van der Waals surface area contributed by atoms with Gasteiger partial charge >= 0.3 is 0 Å². The zero-order valence-corrected chi connectivity index (χ0v) is 11.7. The summed E-state index contributed by atoms with van der Waals surface area (Å²) < 4.78 is 25.7. The average Bonchev–Trinajstić information content (AvgIpc) is 2.29. The van der Waals surface area contributed by atoms with Crippen molar-refractivity contribution in [2.45, 2.75) is 27.2 Å². The summed E-state index contributed by atoms with van der Waals surface area (Å²) in [6, 6.07) is 0. The quantitative estimate of drug-likeness (QED) is 0.690. The van der Waals surface area contributed by atoms with Crippen molar-refractivity contribution in [1.82, 2.24) is 20.5 Å². The van der Waals surface area contributed by atoms with Crippen molar-refractivity contribution in [2.24, 2.45) is 0 Å². The van der Waals surface area contributed by atoms with Gasteiger partial charge in [-0.25, -0.2) is 18.1 Å². The summed E-state index contributed by atoms with van der Waals surface area (Å²) in [6.07, 6.45) is 0.543. The maximum absolute atomic E-state index is 11.7. The number of anilines is 1. The van der Waals surface area contributed by atoms with Gasteiger partial charge in [-0.2, -0.15) is 5.10 Å². The summed E-state index contributed by atoms with van der Waals surface area (Å²) in [5.74, 6) is 0.0672. The van der Waals surface area contributed by atoms with Crippen molar-refractivity contribution in [3.8, 4) is 0 Å². The summed E-state index contributed by atoms with van der Waals surface area (Å²) in [4.78, 5) is 4.02. The highest BCUT2D eigenvalue weighted by molar-refractivity contribution is 7.92. The Morgan fingerprint density at radius 3 is 2.50 bits per heavy atom. The van der Waals surface area contributed by atoms with Gasteiger partial charge in [0.15, 0.2) is 0 Å². The topological polar surface area (TPSA) is 96.9 Å². The maximum atomic E-state index is 11.7. The molecule has 0 spiro atoms. The summed E-state index contributed by atoms with van der Waals surface area (Å²) in [5.41, 5.74) is 1.35. The van der Waals surface area contributed by atoms with Crippen LogP contribution < -0.4 is 10.0 Å². The third-order valence-electron chi connectivity index (χ3n) is 2.36. The number of hydrogen-bond donors (Lipinski definition) is 2. The maximum Gasteiger partial charge on any atom is 0.256 e. The molecular weight excluding hydrogens is 254 g/mol. The molecule has 0 aromatic carbocycles. The Labute approximate surface area is 107 Å². The summed E-state index contributed by atoms with van der Waals surface area (Å²) >= 11 is 0. The van der Waals surface area contributed by atoms with Gasteiger partial charge in [0, 0.05) is 0 Å². The van der Waals surface area contributed by atoms with Crippen LogP contribution in [0, 0.1) is 13.8 Å².